The highest BCUT2D eigenvalue weighted by Gasteiger charge is 2.25. The molecule has 0 saturated heterocycles. The van der Waals surface area contributed by atoms with Crippen molar-refractivity contribution in [2.24, 2.45) is 10.9 Å². The monoisotopic (exact) mass is 341 g/mol. The zero-order valence-electron chi connectivity index (χ0n) is 15.0. The molecule has 1 aromatic heterocycles. The predicted octanol–water partition coefficient (Wildman–Crippen LogP) is 2.04. The van der Waals surface area contributed by atoms with Crippen LogP contribution in [0.5, 0.6) is 0 Å². The first-order valence-corrected chi connectivity index (χ1v) is 8.86. The molecule has 25 heavy (non-hydrogen) atoms. The molecule has 1 heterocycles. The number of para-hydroxylation sites is 1. The van der Waals surface area contributed by atoms with Crippen molar-refractivity contribution in [1.82, 2.24) is 20.0 Å². The van der Waals surface area contributed by atoms with Gasteiger partial charge in [-0.15, -0.1) is 0 Å². The van der Waals surface area contributed by atoms with Gasteiger partial charge in [-0.1, -0.05) is 24.6 Å². The highest BCUT2D eigenvalue weighted by molar-refractivity contribution is 5.79. The number of aromatic nitrogens is 2. The molecule has 0 amide bonds. The lowest BCUT2D eigenvalue weighted by atomic mass is 10.1. The molecule has 134 valence electrons. The van der Waals surface area contributed by atoms with Gasteiger partial charge in [0.05, 0.1) is 18.0 Å². The van der Waals surface area contributed by atoms with Crippen LogP contribution in [-0.2, 0) is 6.54 Å². The molecule has 0 spiro atoms. The van der Waals surface area contributed by atoms with Crippen LogP contribution in [0.25, 0.3) is 5.69 Å². The number of nitrogens with zero attached hydrogens (tertiary/aromatic N) is 4. The predicted molar refractivity (Wildman–Crippen MR) is 99.7 cm³/mol. The highest BCUT2D eigenvalue weighted by Crippen LogP contribution is 2.24. The number of rotatable bonds is 5. The number of nitrogens with one attached hydrogen (secondary N) is 1. The standard InChI is InChI=1S/C19H27N5O/c1-20-19(21-12-16-7-6-10-18(16)25)23(2)13-15-11-22-24(14-15)17-8-4-3-5-9-17/h3-5,8-9,11,14,16,18,25H,6-7,10,12-13H2,1-2H3,(H,20,21). The molecule has 0 bridgehead atoms. The van der Waals surface area contributed by atoms with Crippen LogP contribution in [-0.4, -0.2) is 52.5 Å². The first kappa shape index (κ1) is 17.5. The summed E-state index contributed by atoms with van der Waals surface area (Å²) < 4.78 is 1.88. The summed E-state index contributed by atoms with van der Waals surface area (Å²) in [6, 6.07) is 10.1. The summed E-state index contributed by atoms with van der Waals surface area (Å²) in [6.07, 6.45) is 6.86. The second kappa shape index (κ2) is 8.16. The third-order valence-electron chi connectivity index (χ3n) is 4.79. The van der Waals surface area contributed by atoms with Crippen LogP contribution in [0.4, 0.5) is 0 Å². The van der Waals surface area contributed by atoms with Gasteiger partial charge < -0.3 is 15.3 Å². The molecule has 1 saturated carbocycles. The number of aliphatic hydroxyl groups excluding tert-OH is 1. The van der Waals surface area contributed by atoms with E-state index in [1.807, 2.05) is 54.5 Å². The lowest BCUT2D eigenvalue weighted by Crippen LogP contribution is -2.41. The minimum atomic E-state index is -0.181. The first-order valence-electron chi connectivity index (χ1n) is 8.86. The maximum atomic E-state index is 9.95. The smallest absolute Gasteiger partial charge is 0.193 e. The van der Waals surface area contributed by atoms with Gasteiger partial charge in [0.2, 0.25) is 0 Å². The molecule has 2 atom stereocenters. The maximum Gasteiger partial charge on any atom is 0.193 e. The zero-order valence-corrected chi connectivity index (χ0v) is 15.0. The topological polar surface area (TPSA) is 65.7 Å². The number of aliphatic imine (C=N–C) groups is 1. The molecule has 3 rings (SSSR count). The molecule has 2 unspecified atom stereocenters. The first-order chi connectivity index (χ1) is 12.2. The molecule has 1 fully saturated rings. The maximum absolute atomic E-state index is 9.95. The number of aliphatic hydroxyl groups is 1. The average Bonchev–Trinajstić information content (AvgIpc) is 3.25. The Labute approximate surface area is 149 Å². The van der Waals surface area contributed by atoms with Gasteiger partial charge in [-0.05, 0) is 25.0 Å². The third kappa shape index (κ3) is 4.39. The van der Waals surface area contributed by atoms with E-state index in [1.165, 1.54) is 0 Å². The SMILES string of the molecule is CN=C(NCC1CCCC1O)N(C)Cc1cnn(-c2ccccc2)c1. The molecule has 6 nitrogen and oxygen atoms in total. The molecule has 0 radical (unpaired) electrons. The van der Waals surface area contributed by atoms with Crippen molar-refractivity contribution in [1.29, 1.82) is 0 Å². The molecule has 2 N–H and O–H groups in total. The number of hydrogen-bond acceptors (Lipinski definition) is 3. The van der Waals surface area contributed by atoms with Gasteiger partial charge in [-0.2, -0.15) is 5.10 Å². The normalized spacial score (nSPS) is 20.7. The van der Waals surface area contributed by atoms with Crippen LogP contribution in [0.2, 0.25) is 0 Å². The lowest BCUT2D eigenvalue weighted by molar-refractivity contribution is 0.134. The minimum absolute atomic E-state index is 0.181. The number of guanidine groups is 1. The van der Waals surface area contributed by atoms with Gasteiger partial charge in [0.25, 0.3) is 0 Å². The van der Waals surface area contributed by atoms with Crippen molar-refractivity contribution in [2.75, 3.05) is 20.6 Å². The van der Waals surface area contributed by atoms with Crippen LogP contribution < -0.4 is 5.32 Å². The number of benzene rings is 1. The van der Waals surface area contributed by atoms with E-state index in [4.69, 9.17) is 0 Å². The van der Waals surface area contributed by atoms with Crippen molar-refractivity contribution < 1.29 is 5.11 Å². The van der Waals surface area contributed by atoms with Crippen molar-refractivity contribution in [3.8, 4) is 5.69 Å². The van der Waals surface area contributed by atoms with Crippen LogP contribution in [0, 0.1) is 5.92 Å². The van der Waals surface area contributed by atoms with Gasteiger partial charge in [0.15, 0.2) is 5.96 Å². The second-order valence-corrected chi connectivity index (χ2v) is 6.67. The van der Waals surface area contributed by atoms with Crippen LogP contribution >= 0.6 is 0 Å². The van der Waals surface area contributed by atoms with Crippen LogP contribution in [0.3, 0.4) is 0 Å². The Balaban J connectivity index is 1.57. The Kier molecular flexibility index (Phi) is 5.71. The minimum Gasteiger partial charge on any atom is -0.393 e. The van der Waals surface area contributed by atoms with Crippen LogP contribution in [0.1, 0.15) is 24.8 Å². The molecule has 1 aliphatic rings. The van der Waals surface area contributed by atoms with Crippen molar-refractivity contribution in [2.45, 2.75) is 31.9 Å². The fraction of sp³-hybridized carbons (Fsp3) is 0.474. The van der Waals surface area contributed by atoms with E-state index in [-0.39, 0.29) is 6.10 Å². The fourth-order valence-corrected chi connectivity index (χ4v) is 3.37. The van der Waals surface area contributed by atoms with Gasteiger partial charge in [0, 0.05) is 44.9 Å². The molecule has 1 aliphatic carbocycles. The fourth-order valence-electron chi connectivity index (χ4n) is 3.37. The Morgan fingerprint density at radius 3 is 2.84 bits per heavy atom. The highest BCUT2D eigenvalue weighted by atomic mass is 16.3. The summed E-state index contributed by atoms with van der Waals surface area (Å²) >= 11 is 0. The second-order valence-electron chi connectivity index (χ2n) is 6.67. The molecule has 6 heteroatoms. The summed E-state index contributed by atoms with van der Waals surface area (Å²) in [5, 5.41) is 17.8. The number of hydrogen-bond donors (Lipinski definition) is 2. The van der Waals surface area contributed by atoms with Gasteiger partial charge in [-0.3, -0.25) is 4.99 Å². The Morgan fingerprint density at radius 1 is 1.36 bits per heavy atom. The van der Waals surface area contributed by atoms with E-state index in [9.17, 15) is 5.11 Å². The molecule has 1 aromatic carbocycles. The molecular formula is C19H27N5O. The summed E-state index contributed by atoms with van der Waals surface area (Å²) in [5.74, 6) is 1.16. The van der Waals surface area contributed by atoms with Crippen molar-refractivity contribution >= 4 is 5.96 Å². The largest absolute Gasteiger partial charge is 0.393 e. The molecule has 2 aromatic rings. The summed E-state index contributed by atoms with van der Waals surface area (Å²) in [5.41, 5.74) is 2.17. The van der Waals surface area contributed by atoms with Gasteiger partial charge >= 0.3 is 0 Å². The van der Waals surface area contributed by atoms with Crippen molar-refractivity contribution in [3.05, 3.63) is 48.3 Å². The Hall–Kier alpha value is -2.34. The van der Waals surface area contributed by atoms with E-state index in [0.717, 1.165) is 49.6 Å². The molecule has 0 aliphatic heterocycles. The molecular weight excluding hydrogens is 314 g/mol. The van der Waals surface area contributed by atoms with Crippen LogP contribution in [0.15, 0.2) is 47.7 Å². The Bertz CT molecular complexity index is 697. The van der Waals surface area contributed by atoms with E-state index >= 15 is 0 Å². The van der Waals surface area contributed by atoms with E-state index in [0.29, 0.717) is 5.92 Å². The summed E-state index contributed by atoms with van der Waals surface area (Å²) in [6.45, 7) is 1.49. The summed E-state index contributed by atoms with van der Waals surface area (Å²) in [7, 11) is 3.80. The third-order valence-corrected chi connectivity index (χ3v) is 4.79. The van der Waals surface area contributed by atoms with E-state index < -0.39 is 0 Å². The van der Waals surface area contributed by atoms with E-state index in [1.54, 1.807) is 7.05 Å². The Morgan fingerprint density at radius 2 is 2.16 bits per heavy atom. The lowest BCUT2D eigenvalue weighted by Gasteiger charge is -2.24. The van der Waals surface area contributed by atoms with E-state index in [2.05, 4.69) is 20.3 Å². The zero-order chi connectivity index (χ0) is 17.6. The van der Waals surface area contributed by atoms with Crippen molar-refractivity contribution in [3.63, 3.8) is 0 Å². The van der Waals surface area contributed by atoms with Gasteiger partial charge in [-0.25, -0.2) is 4.68 Å². The quantitative estimate of drug-likeness (QED) is 0.645. The summed E-state index contributed by atoms with van der Waals surface area (Å²) in [4.78, 5) is 6.43. The van der Waals surface area contributed by atoms with Gasteiger partial charge in [0.1, 0.15) is 0 Å². The average molecular weight is 341 g/mol.